The Balaban J connectivity index is 2.29. The number of rotatable bonds is 10. The molecule has 23 heavy (non-hydrogen) atoms. The highest BCUT2D eigenvalue weighted by Crippen LogP contribution is 2.07. The van der Waals surface area contributed by atoms with E-state index < -0.39 is 0 Å². The highest BCUT2D eigenvalue weighted by Gasteiger charge is 2.00. The molecule has 5 heteroatoms. The zero-order valence-electron chi connectivity index (χ0n) is 14.9. The van der Waals surface area contributed by atoms with Crippen LogP contribution in [-0.4, -0.2) is 38.9 Å². The van der Waals surface area contributed by atoms with Crippen LogP contribution in [0.5, 0.6) is 0 Å². The molecule has 0 saturated carbocycles. The molecule has 2 N–H and O–H groups in total. The van der Waals surface area contributed by atoms with Gasteiger partial charge in [-0.15, -0.1) is 0 Å². The molecule has 0 bridgehead atoms. The Morgan fingerprint density at radius 1 is 1.13 bits per heavy atom. The van der Waals surface area contributed by atoms with Crippen LogP contribution in [0.25, 0.3) is 0 Å². The van der Waals surface area contributed by atoms with E-state index in [9.17, 15) is 0 Å². The van der Waals surface area contributed by atoms with Crippen LogP contribution in [0.1, 0.15) is 38.3 Å². The van der Waals surface area contributed by atoms with Gasteiger partial charge in [-0.3, -0.25) is 4.99 Å². The minimum Gasteiger partial charge on any atom is -0.382 e. The van der Waals surface area contributed by atoms with Crippen molar-refractivity contribution in [2.75, 3.05) is 26.8 Å². The van der Waals surface area contributed by atoms with Crippen molar-refractivity contribution in [2.45, 2.75) is 46.4 Å². The third-order valence-electron chi connectivity index (χ3n) is 3.25. The van der Waals surface area contributed by atoms with Crippen molar-refractivity contribution in [3.05, 3.63) is 35.4 Å². The van der Waals surface area contributed by atoms with Crippen molar-refractivity contribution in [1.29, 1.82) is 0 Å². The number of aliphatic imine (C=N–C) groups is 1. The summed E-state index contributed by atoms with van der Waals surface area (Å²) in [5.41, 5.74) is 2.41. The van der Waals surface area contributed by atoms with Gasteiger partial charge in [-0.25, -0.2) is 0 Å². The first-order chi connectivity index (χ1) is 11.2. The molecule has 1 rings (SSSR count). The molecule has 0 spiro atoms. The zero-order chi connectivity index (χ0) is 16.9. The van der Waals surface area contributed by atoms with Gasteiger partial charge in [0.15, 0.2) is 5.96 Å². The van der Waals surface area contributed by atoms with Crippen LogP contribution in [0.2, 0.25) is 0 Å². The molecule has 0 heterocycles. The van der Waals surface area contributed by atoms with Crippen LogP contribution in [0.3, 0.4) is 0 Å². The lowest BCUT2D eigenvalue weighted by Crippen LogP contribution is -2.37. The van der Waals surface area contributed by atoms with Gasteiger partial charge in [0.1, 0.15) is 0 Å². The monoisotopic (exact) mass is 321 g/mol. The number of benzene rings is 1. The summed E-state index contributed by atoms with van der Waals surface area (Å²) in [6.45, 7) is 9.91. The fraction of sp³-hybridized carbons (Fsp3) is 0.611. The van der Waals surface area contributed by atoms with Gasteiger partial charge in [-0.2, -0.15) is 0 Å². The second-order valence-electron chi connectivity index (χ2n) is 5.58. The predicted molar refractivity (Wildman–Crippen MR) is 95.7 cm³/mol. The van der Waals surface area contributed by atoms with Gasteiger partial charge in [0.25, 0.3) is 0 Å². The van der Waals surface area contributed by atoms with Gasteiger partial charge in [0.2, 0.25) is 0 Å². The van der Waals surface area contributed by atoms with Crippen molar-refractivity contribution in [3.8, 4) is 0 Å². The van der Waals surface area contributed by atoms with Crippen LogP contribution in [0.15, 0.2) is 29.3 Å². The molecule has 130 valence electrons. The summed E-state index contributed by atoms with van der Waals surface area (Å²) in [6, 6.07) is 8.46. The lowest BCUT2D eigenvalue weighted by molar-refractivity contribution is 0.0657. The summed E-state index contributed by atoms with van der Waals surface area (Å²) in [5.74, 6) is 0.814. The van der Waals surface area contributed by atoms with Crippen molar-refractivity contribution in [1.82, 2.24) is 10.6 Å². The topological polar surface area (TPSA) is 54.9 Å². The van der Waals surface area contributed by atoms with E-state index in [1.165, 1.54) is 11.1 Å². The minimum absolute atomic E-state index is 0.258. The summed E-state index contributed by atoms with van der Waals surface area (Å²) in [4.78, 5) is 4.22. The lowest BCUT2D eigenvalue weighted by Gasteiger charge is -2.12. The number of guanidine groups is 1. The first-order valence-electron chi connectivity index (χ1n) is 8.37. The molecule has 0 amide bonds. The van der Waals surface area contributed by atoms with E-state index in [2.05, 4.69) is 39.9 Å². The molecule has 0 fully saturated rings. The van der Waals surface area contributed by atoms with E-state index >= 15 is 0 Å². The van der Waals surface area contributed by atoms with E-state index in [0.29, 0.717) is 6.61 Å². The molecule has 1 aromatic carbocycles. The van der Waals surface area contributed by atoms with E-state index in [-0.39, 0.29) is 6.10 Å². The molecule has 0 aliphatic carbocycles. The average Bonchev–Trinajstić information content (AvgIpc) is 2.56. The third kappa shape index (κ3) is 9.21. The average molecular weight is 321 g/mol. The van der Waals surface area contributed by atoms with Crippen LogP contribution in [0, 0.1) is 0 Å². The molecule has 5 nitrogen and oxygen atoms in total. The standard InChI is InChI=1S/C18H31N3O2/c1-5-22-12-6-11-20-18(19-4)21-13-16-7-9-17(10-8-16)14-23-15(2)3/h7-10,15H,5-6,11-14H2,1-4H3,(H2,19,20,21). The number of hydrogen-bond acceptors (Lipinski definition) is 3. The van der Waals surface area contributed by atoms with Crippen molar-refractivity contribution in [3.63, 3.8) is 0 Å². The van der Waals surface area contributed by atoms with Crippen LogP contribution < -0.4 is 10.6 Å². The van der Waals surface area contributed by atoms with Gasteiger partial charge < -0.3 is 20.1 Å². The van der Waals surface area contributed by atoms with Crippen molar-refractivity contribution in [2.24, 2.45) is 4.99 Å². The Bertz CT molecular complexity index is 444. The van der Waals surface area contributed by atoms with Gasteiger partial charge in [0.05, 0.1) is 12.7 Å². The Morgan fingerprint density at radius 3 is 2.43 bits per heavy atom. The molecule has 0 aromatic heterocycles. The van der Waals surface area contributed by atoms with Crippen LogP contribution in [0.4, 0.5) is 0 Å². The maximum atomic E-state index is 5.60. The lowest BCUT2D eigenvalue weighted by atomic mass is 10.1. The molecule has 0 radical (unpaired) electrons. The van der Waals surface area contributed by atoms with Crippen LogP contribution >= 0.6 is 0 Å². The smallest absolute Gasteiger partial charge is 0.191 e. The molecular weight excluding hydrogens is 290 g/mol. The molecule has 0 saturated heterocycles. The fourth-order valence-corrected chi connectivity index (χ4v) is 1.95. The van der Waals surface area contributed by atoms with E-state index in [4.69, 9.17) is 9.47 Å². The Morgan fingerprint density at radius 2 is 1.83 bits per heavy atom. The summed E-state index contributed by atoms with van der Waals surface area (Å²) >= 11 is 0. The van der Waals surface area contributed by atoms with Crippen LogP contribution in [-0.2, 0) is 22.6 Å². The summed E-state index contributed by atoms with van der Waals surface area (Å²) < 4.78 is 10.9. The summed E-state index contributed by atoms with van der Waals surface area (Å²) in [7, 11) is 1.78. The minimum atomic E-state index is 0.258. The zero-order valence-corrected chi connectivity index (χ0v) is 14.9. The van der Waals surface area contributed by atoms with Crippen molar-refractivity contribution < 1.29 is 9.47 Å². The number of nitrogens with one attached hydrogen (secondary N) is 2. The van der Waals surface area contributed by atoms with Gasteiger partial charge in [-0.05, 0) is 38.3 Å². The molecule has 0 atom stereocenters. The van der Waals surface area contributed by atoms with E-state index in [1.54, 1.807) is 7.05 Å². The molecule has 0 aliphatic rings. The normalized spacial score (nSPS) is 11.8. The predicted octanol–water partition coefficient (Wildman–Crippen LogP) is 2.70. The maximum absolute atomic E-state index is 5.60. The van der Waals surface area contributed by atoms with Gasteiger partial charge in [0, 0.05) is 33.4 Å². The third-order valence-corrected chi connectivity index (χ3v) is 3.25. The molecule has 0 unspecified atom stereocenters. The number of hydrogen-bond donors (Lipinski definition) is 2. The quantitative estimate of drug-likeness (QED) is 0.395. The van der Waals surface area contributed by atoms with Gasteiger partial charge in [-0.1, -0.05) is 24.3 Å². The Hall–Kier alpha value is -1.59. The van der Waals surface area contributed by atoms with Crippen molar-refractivity contribution >= 4 is 5.96 Å². The first kappa shape index (κ1) is 19.5. The highest BCUT2D eigenvalue weighted by atomic mass is 16.5. The Labute approximate surface area is 140 Å². The fourth-order valence-electron chi connectivity index (χ4n) is 1.95. The first-order valence-corrected chi connectivity index (χ1v) is 8.37. The highest BCUT2D eigenvalue weighted by molar-refractivity contribution is 5.79. The largest absolute Gasteiger partial charge is 0.382 e. The van der Waals surface area contributed by atoms with E-state index in [0.717, 1.165) is 38.7 Å². The SMILES string of the molecule is CCOCCCNC(=NC)NCc1ccc(COC(C)C)cc1. The Kier molecular flexibility index (Phi) is 10.1. The van der Waals surface area contributed by atoms with E-state index in [1.807, 2.05) is 20.8 Å². The summed E-state index contributed by atoms with van der Waals surface area (Å²) in [5, 5.41) is 6.59. The second kappa shape index (κ2) is 11.9. The summed E-state index contributed by atoms with van der Waals surface area (Å²) in [6.07, 6.45) is 1.23. The molecule has 0 aliphatic heterocycles. The molecular formula is C18H31N3O2. The molecule has 1 aromatic rings. The number of ether oxygens (including phenoxy) is 2. The van der Waals surface area contributed by atoms with Gasteiger partial charge >= 0.3 is 0 Å². The number of nitrogens with zero attached hydrogens (tertiary/aromatic N) is 1. The maximum Gasteiger partial charge on any atom is 0.191 e. The second-order valence-corrected chi connectivity index (χ2v) is 5.58.